The van der Waals surface area contributed by atoms with Crippen molar-refractivity contribution in [2.75, 3.05) is 20.3 Å². The quantitative estimate of drug-likeness (QED) is 0.918. The molecule has 0 saturated heterocycles. The molecule has 2 aliphatic rings. The van der Waals surface area contributed by atoms with Crippen molar-refractivity contribution in [2.45, 2.75) is 32.4 Å². The fourth-order valence-corrected chi connectivity index (χ4v) is 3.32. The summed E-state index contributed by atoms with van der Waals surface area (Å²) in [6, 6.07) is 3.67. The van der Waals surface area contributed by atoms with E-state index in [4.69, 9.17) is 14.2 Å². The maximum Gasteiger partial charge on any atom is 0.255 e. The summed E-state index contributed by atoms with van der Waals surface area (Å²) in [7, 11) is 1.60. The number of hydrogen-bond acceptors (Lipinski definition) is 5. The number of carbonyl (C=O) groups excluding carboxylic acids is 1. The third kappa shape index (κ3) is 3.01. The van der Waals surface area contributed by atoms with Gasteiger partial charge in [0.15, 0.2) is 11.5 Å². The van der Waals surface area contributed by atoms with Gasteiger partial charge < -0.3 is 19.5 Å². The Labute approximate surface area is 145 Å². The molecule has 132 valence electrons. The van der Waals surface area contributed by atoms with E-state index in [9.17, 15) is 4.79 Å². The van der Waals surface area contributed by atoms with E-state index in [-0.39, 0.29) is 5.91 Å². The van der Waals surface area contributed by atoms with E-state index in [0.717, 1.165) is 37.1 Å². The second kappa shape index (κ2) is 6.66. The van der Waals surface area contributed by atoms with E-state index in [1.54, 1.807) is 19.4 Å². The molecule has 1 aromatic carbocycles. The molecule has 2 aliphatic heterocycles. The van der Waals surface area contributed by atoms with E-state index in [1.165, 1.54) is 0 Å². The van der Waals surface area contributed by atoms with Gasteiger partial charge >= 0.3 is 0 Å². The van der Waals surface area contributed by atoms with Crippen molar-refractivity contribution in [3.05, 3.63) is 35.2 Å². The van der Waals surface area contributed by atoms with Crippen LogP contribution < -0.4 is 19.5 Å². The van der Waals surface area contributed by atoms with Crippen molar-refractivity contribution >= 4 is 5.91 Å². The lowest BCUT2D eigenvalue weighted by molar-refractivity contribution is 0.0949. The van der Waals surface area contributed by atoms with Crippen LogP contribution in [0, 0.1) is 0 Å². The van der Waals surface area contributed by atoms with E-state index in [1.807, 2.05) is 10.7 Å². The van der Waals surface area contributed by atoms with Gasteiger partial charge in [0.2, 0.25) is 0 Å². The third-order valence-corrected chi connectivity index (χ3v) is 4.61. The number of ether oxygens (including phenoxy) is 3. The summed E-state index contributed by atoms with van der Waals surface area (Å²) in [5.74, 6) is 1.91. The topological polar surface area (TPSA) is 74.6 Å². The molecule has 25 heavy (non-hydrogen) atoms. The summed E-state index contributed by atoms with van der Waals surface area (Å²) in [6.45, 7) is 2.29. The van der Waals surface area contributed by atoms with Crippen molar-refractivity contribution in [3.63, 3.8) is 0 Å². The van der Waals surface area contributed by atoms with Gasteiger partial charge in [0.1, 0.15) is 19.0 Å². The van der Waals surface area contributed by atoms with Crippen molar-refractivity contribution in [1.29, 1.82) is 0 Å². The first-order valence-corrected chi connectivity index (χ1v) is 8.55. The molecule has 1 N–H and O–H groups in total. The second-order valence-electron chi connectivity index (χ2n) is 6.18. The fraction of sp³-hybridized carbons (Fsp3) is 0.444. The Bertz CT molecular complexity index is 800. The number of aryl methyl sites for hydroxylation is 1. The lowest BCUT2D eigenvalue weighted by Crippen LogP contribution is -2.25. The number of nitrogens with one attached hydrogen (secondary N) is 1. The molecule has 1 aromatic heterocycles. The maximum atomic E-state index is 12.6. The van der Waals surface area contributed by atoms with Crippen LogP contribution in [0.2, 0.25) is 0 Å². The predicted octanol–water partition coefficient (Wildman–Crippen LogP) is 1.93. The number of methoxy groups -OCH3 is 1. The van der Waals surface area contributed by atoms with Crippen molar-refractivity contribution in [3.8, 4) is 17.2 Å². The van der Waals surface area contributed by atoms with Gasteiger partial charge in [0, 0.05) is 24.7 Å². The van der Waals surface area contributed by atoms with Gasteiger partial charge in [0.25, 0.3) is 5.91 Å². The molecule has 0 bridgehead atoms. The highest BCUT2D eigenvalue weighted by Crippen LogP contribution is 2.36. The largest absolute Gasteiger partial charge is 0.496 e. The van der Waals surface area contributed by atoms with Crippen LogP contribution in [0.1, 0.15) is 34.5 Å². The van der Waals surface area contributed by atoms with Crippen LogP contribution in [0.3, 0.4) is 0 Å². The number of amides is 1. The van der Waals surface area contributed by atoms with Gasteiger partial charge in [-0.25, -0.2) is 0 Å². The molecule has 0 radical (unpaired) electrons. The SMILES string of the molecule is COc1cc2c(cc1CNC(=O)c1cnn3c1CCCC3)OCCO2. The molecule has 0 fully saturated rings. The van der Waals surface area contributed by atoms with Gasteiger partial charge in [-0.2, -0.15) is 5.10 Å². The molecule has 7 nitrogen and oxygen atoms in total. The van der Waals surface area contributed by atoms with Crippen molar-refractivity contribution in [1.82, 2.24) is 15.1 Å². The molecule has 2 aromatic rings. The van der Waals surface area contributed by atoms with Crippen LogP contribution in [0.15, 0.2) is 18.3 Å². The molecular weight excluding hydrogens is 322 g/mol. The van der Waals surface area contributed by atoms with Crippen LogP contribution >= 0.6 is 0 Å². The molecule has 1 amide bonds. The lowest BCUT2D eigenvalue weighted by atomic mass is 10.1. The average molecular weight is 343 g/mol. The van der Waals surface area contributed by atoms with Crippen LogP contribution in [0.4, 0.5) is 0 Å². The average Bonchev–Trinajstić information content (AvgIpc) is 3.09. The molecule has 0 spiro atoms. The summed E-state index contributed by atoms with van der Waals surface area (Å²) >= 11 is 0. The van der Waals surface area contributed by atoms with Gasteiger partial charge in [-0.05, 0) is 25.3 Å². The van der Waals surface area contributed by atoms with Crippen molar-refractivity contribution in [2.24, 2.45) is 0 Å². The zero-order chi connectivity index (χ0) is 17.2. The highest BCUT2D eigenvalue weighted by atomic mass is 16.6. The first kappa shape index (κ1) is 15.8. The Hall–Kier alpha value is -2.70. The predicted molar refractivity (Wildman–Crippen MR) is 90.3 cm³/mol. The highest BCUT2D eigenvalue weighted by molar-refractivity contribution is 5.95. The van der Waals surface area contributed by atoms with E-state index >= 15 is 0 Å². The van der Waals surface area contributed by atoms with Crippen LogP contribution in [-0.2, 0) is 19.5 Å². The van der Waals surface area contributed by atoms with Gasteiger partial charge in [0.05, 0.1) is 24.6 Å². The zero-order valence-corrected chi connectivity index (χ0v) is 14.2. The number of benzene rings is 1. The molecule has 7 heteroatoms. The summed E-state index contributed by atoms with van der Waals surface area (Å²) < 4.78 is 18.5. The Morgan fingerprint density at radius 1 is 1.28 bits per heavy atom. The zero-order valence-electron chi connectivity index (χ0n) is 14.2. The Kier molecular flexibility index (Phi) is 4.21. The number of hydrogen-bond donors (Lipinski definition) is 1. The number of aromatic nitrogens is 2. The molecule has 0 saturated carbocycles. The number of rotatable bonds is 4. The second-order valence-corrected chi connectivity index (χ2v) is 6.18. The number of fused-ring (bicyclic) bond motifs is 2. The number of carbonyl (C=O) groups is 1. The summed E-state index contributed by atoms with van der Waals surface area (Å²) in [6.07, 6.45) is 4.78. The molecule has 0 unspecified atom stereocenters. The fourth-order valence-electron chi connectivity index (χ4n) is 3.32. The summed E-state index contributed by atoms with van der Waals surface area (Å²) in [5.41, 5.74) is 2.54. The van der Waals surface area contributed by atoms with Gasteiger partial charge in [-0.3, -0.25) is 9.48 Å². The molecule has 4 rings (SSSR count). The standard InChI is InChI=1S/C18H21N3O4/c1-23-15-9-17-16(24-6-7-25-17)8-12(15)10-19-18(22)13-11-20-21-5-3-2-4-14(13)21/h8-9,11H,2-7,10H2,1H3,(H,19,22). The maximum absolute atomic E-state index is 12.6. The van der Waals surface area contributed by atoms with Gasteiger partial charge in [-0.1, -0.05) is 0 Å². The molecule has 0 atom stereocenters. The first-order chi connectivity index (χ1) is 12.3. The van der Waals surface area contributed by atoms with E-state index < -0.39 is 0 Å². The number of nitrogens with zero attached hydrogens (tertiary/aromatic N) is 2. The molecular formula is C18H21N3O4. The third-order valence-electron chi connectivity index (χ3n) is 4.61. The lowest BCUT2D eigenvalue weighted by Gasteiger charge is -2.21. The Morgan fingerprint density at radius 2 is 2.08 bits per heavy atom. The Morgan fingerprint density at radius 3 is 2.88 bits per heavy atom. The Balaban J connectivity index is 1.51. The van der Waals surface area contributed by atoms with E-state index in [2.05, 4.69) is 10.4 Å². The summed E-state index contributed by atoms with van der Waals surface area (Å²) in [4.78, 5) is 12.6. The van der Waals surface area contributed by atoms with Crippen LogP contribution in [0.25, 0.3) is 0 Å². The monoisotopic (exact) mass is 343 g/mol. The summed E-state index contributed by atoms with van der Waals surface area (Å²) in [5, 5.41) is 7.28. The first-order valence-electron chi connectivity index (χ1n) is 8.55. The van der Waals surface area contributed by atoms with Crippen LogP contribution in [-0.4, -0.2) is 36.0 Å². The molecule has 3 heterocycles. The molecule has 0 aliphatic carbocycles. The van der Waals surface area contributed by atoms with E-state index in [0.29, 0.717) is 42.6 Å². The normalized spacial score (nSPS) is 15.4. The highest BCUT2D eigenvalue weighted by Gasteiger charge is 2.21. The smallest absolute Gasteiger partial charge is 0.255 e. The van der Waals surface area contributed by atoms with Gasteiger partial charge in [-0.15, -0.1) is 0 Å². The minimum atomic E-state index is -0.111. The van der Waals surface area contributed by atoms with Crippen molar-refractivity contribution < 1.29 is 19.0 Å². The minimum absolute atomic E-state index is 0.111. The minimum Gasteiger partial charge on any atom is -0.496 e. The van der Waals surface area contributed by atoms with Crippen LogP contribution in [0.5, 0.6) is 17.2 Å².